The number of hydrogen-bond acceptors (Lipinski definition) is 2. The van der Waals surface area contributed by atoms with Crippen LogP contribution in [0, 0.1) is 3.57 Å². The topological polar surface area (TPSA) is 56.0 Å². The molecule has 5 nitrogen and oxygen atoms in total. The van der Waals surface area contributed by atoms with Crippen LogP contribution in [-0.4, -0.2) is 15.0 Å². The van der Waals surface area contributed by atoms with Crippen LogP contribution >= 0.6 is 38.5 Å². The van der Waals surface area contributed by atoms with Gasteiger partial charge in [0.05, 0.1) is 22.3 Å². The van der Waals surface area contributed by atoms with E-state index in [9.17, 15) is 9.59 Å². The van der Waals surface area contributed by atoms with Gasteiger partial charge < -0.3 is 5.32 Å². The molecule has 7 heteroatoms. The second-order valence-corrected chi connectivity index (χ2v) is 7.17. The number of hydrogen-bond donors (Lipinski definition) is 1. The van der Waals surface area contributed by atoms with E-state index < -0.39 is 0 Å². The Balaban J connectivity index is 2.05. The van der Waals surface area contributed by atoms with Gasteiger partial charge in [0.15, 0.2) is 0 Å². The van der Waals surface area contributed by atoms with E-state index in [1.807, 2.05) is 24.3 Å². The molecular weight excluding hydrogens is 473 g/mol. The minimum Gasteiger partial charge on any atom is -0.321 e. The Hall–Kier alpha value is -1.61. The molecular formula is C16H13BrIN3O2. The highest BCUT2D eigenvalue weighted by molar-refractivity contribution is 14.1. The molecule has 1 N–H and O–H groups in total. The van der Waals surface area contributed by atoms with Gasteiger partial charge in [0.1, 0.15) is 0 Å². The van der Waals surface area contributed by atoms with Crippen molar-refractivity contribution in [3.05, 3.63) is 60.5 Å². The number of nitrogens with one attached hydrogen (secondary N) is 1. The summed E-state index contributed by atoms with van der Waals surface area (Å²) in [5, 5.41) is 2.90. The minimum atomic E-state index is -0.184. The van der Waals surface area contributed by atoms with Gasteiger partial charge >= 0.3 is 5.69 Å². The van der Waals surface area contributed by atoms with Gasteiger partial charge in [0, 0.05) is 22.1 Å². The summed E-state index contributed by atoms with van der Waals surface area (Å²) in [5.41, 5.74) is 2.70. The Labute approximate surface area is 154 Å². The molecule has 0 aliphatic heterocycles. The molecule has 0 spiro atoms. The third-order valence-electron chi connectivity index (χ3n) is 3.73. The summed E-state index contributed by atoms with van der Waals surface area (Å²) in [6.07, 6.45) is 0. The Morgan fingerprint density at radius 1 is 1.13 bits per heavy atom. The first kappa shape index (κ1) is 16.3. The fourth-order valence-corrected chi connectivity index (χ4v) is 3.51. The number of carbonyl (C=O) groups excluding carboxylic acids is 1. The number of aryl methyl sites for hydroxylation is 2. The second-order valence-electron chi connectivity index (χ2n) is 5.16. The van der Waals surface area contributed by atoms with Crippen LogP contribution in [0.15, 0.2) is 45.7 Å². The van der Waals surface area contributed by atoms with Gasteiger partial charge in [-0.2, -0.15) is 0 Å². The van der Waals surface area contributed by atoms with Crippen LogP contribution in [0.4, 0.5) is 5.69 Å². The molecule has 0 unspecified atom stereocenters. The van der Waals surface area contributed by atoms with Crippen LogP contribution in [0.2, 0.25) is 0 Å². The Kier molecular flexibility index (Phi) is 4.33. The van der Waals surface area contributed by atoms with Crippen LogP contribution in [-0.2, 0) is 14.1 Å². The van der Waals surface area contributed by atoms with Crippen molar-refractivity contribution in [2.45, 2.75) is 0 Å². The van der Waals surface area contributed by atoms with E-state index >= 15 is 0 Å². The van der Waals surface area contributed by atoms with Crippen molar-refractivity contribution >= 4 is 61.1 Å². The summed E-state index contributed by atoms with van der Waals surface area (Å²) in [7, 11) is 3.44. The highest BCUT2D eigenvalue weighted by Gasteiger charge is 2.15. The number of nitrogens with zero attached hydrogens (tertiary/aromatic N) is 2. The first-order valence-corrected chi connectivity index (χ1v) is 8.68. The maximum Gasteiger partial charge on any atom is 0.328 e. The van der Waals surface area contributed by atoms with Crippen LogP contribution in [0.25, 0.3) is 11.0 Å². The zero-order valence-corrected chi connectivity index (χ0v) is 16.2. The predicted octanol–water partition coefficient (Wildman–Crippen LogP) is 3.50. The van der Waals surface area contributed by atoms with Gasteiger partial charge in [-0.3, -0.25) is 13.9 Å². The van der Waals surface area contributed by atoms with E-state index in [1.54, 1.807) is 35.4 Å². The summed E-state index contributed by atoms with van der Waals surface area (Å²) in [4.78, 5) is 24.5. The highest BCUT2D eigenvalue weighted by atomic mass is 127. The number of aromatic nitrogens is 2. The maximum atomic E-state index is 12.5. The molecule has 118 valence electrons. The standard InChI is InChI=1S/C16H13BrIN3O2/c1-20-13-7-10(17)12(8-14(13)21(2)16(20)23)19-15(22)9-5-3-4-6-11(9)18/h3-8H,1-2H3,(H,19,22). The molecule has 0 saturated heterocycles. The second kappa shape index (κ2) is 6.12. The summed E-state index contributed by atoms with van der Waals surface area (Å²) >= 11 is 5.60. The first-order chi connectivity index (χ1) is 10.9. The van der Waals surface area contributed by atoms with Gasteiger partial charge in [0.25, 0.3) is 5.91 Å². The van der Waals surface area contributed by atoms with E-state index in [0.29, 0.717) is 11.3 Å². The molecule has 1 aromatic heterocycles. The SMILES string of the molecule is Cn1c(=O)n(C)c2cc(NC(=O)c3ccccc3I)c(Br)cc21. The van der Waals surface area contributed by atoms with Crippen LogP contribution in [0.5, 0.6) is 0 Å². The highest BCUT2D eigenvalue weighted by Crippen LogP contribution is 2.28. The molecule has 0 radical (unpaired) electrons. The Bertz CT molecular complexity index is 991. The smallest absolute Gasteiger partial charge is 0.321 e. The molecule has 0 saturated carbocycles. The number of anilines is 1. The van der Waals surface area contributed by atoms with Crippen LogP contribution in [0.1, 0.15) is 10.4 Å². The van der Waals surface area contributed by atoms with Crippen molar-refractivity contribution in [1.82, 2.24) is 9.13 Å². The lowest BCUT2D eigenvalue weighted by Crippen LogP contribution is -2.19. The number of fused-ring (bicyclic) bond motifs is 1. The van der Waals surface area contributed by atoms with E-state index in [1.165, 1.54) is 0 Å². The summed E-state index contributed by atoms with van der Waals surface area (Å²) in [5.74, 6) is -0.184. The van der Waals surface area contributed by atoms with Gasteiger partial charge in [-0.05, 0) is 62.8 Å². The number of rotatable bonds is 2. The van der Waals surface area contributed by atoms with Crippen molar-refractivity contribution < 1.29 is 4.79 Å². The van der Waals surface area contributed by atoms with Gasteiger partial charge in [-0.25, -0.2) is 4.79 Å². The number of halogens is 2. The van der Waals surface area contributed by atoms with Crippen molar-refractivity contribution in [1.29, 1.82) is 0 Å². The fraction of sp³-hybridized carbons (Fsp3) is 0.125. The molecule has 0 bridgehead atoms. The lowest BCUT2D eigenvalue weighted by molar-refractivity contribution is 0.102. The number of imidazole rings is 1. The Morgan fingerprint density at radius 3 is 2.39 bits per heavy atom. The number of amides is 1. The molecule has 3 rings (SSSR count). The van der Waals surface area contributed by atoms with Crippen molar-refractivity contribution in [2.75, 3.05) is 5.32 Å². The first-order valence-electron chi connectivity index (χ1n) is 6.81. The minimum absolute atomic E-state index is 0.104. The van der Waals surface area contributed by atoms with Crippen molar-refractivity contribution in [3.8, 4) is 0 Å². The molecule has 1 heterocycles. The lowest BCUT2D eigenvalue weighted by Gasteiger charge is -2.09. The molecule has 3 aromatic rings. The van der Waals surface area contributed by atoms with Gasteiger partial charge in [-0.1, -0.05) is 12.1 Å². The quantitative estimate of drug-likeness (QED) is 0.565. The number of carbonyl (C=O) groups is 1. The van der Waals surface area contributed by atoms with Crippen molar-refractivity contribution in [3.63, 3.8) is 0 Å². The third-order valence-corrected chi connectivity index (χ3v) is 5.32. The molecule has 0 aliphatic carbocycles. The van der Waals surface area contributed by atoms with Crippen LogP contribution in [0.3, 0.4) is 0 Å². The zero-order valence-electron chi connectivity index (χ0n) is 12.4. The maximum absolute atomic E-state index is 12.5. The van der Waals surface area contributed by atoms with E-state index in [0.717, 1.165) is 19.1 Å². The predicted molar refractivity (Wildman–Crippen MR) is 103 cm³/mol. The van der Waals surface area contributed by atoms with E-state index in [-0.39, 0.29) is 11.6 Å². The molecule has 2 aromatic carbocycles. The largest absolute Gasteiger partial charge is 0.328 e. The summed E-state index contributed by atoms with van der Waals surface area (Å²) < 4.78 is 4.74. The zero-order chi connectivity index (χ0) is 16.7. The lowest BCUT2D eigenvalue weighted by atomic mass is 10.2. The average Bonchev–Trinajstić information content (AvgIpc) is 2.73. The fourth-order valence-electron chi connectivity index (χ4n) is 2.45. The van der Waals surface area contributed by atoms with E-state index in [2.05, 4.69) is 43.8 Å². The van der Waals surface area contributed by atoms with Crippen molar-refractivity contribution in [2.24, 2.45) is 14.1 Å². The molecule has 23 heavy (non-hydrogen) atoms. The Morgan fingerprint density at radius 2 is 1.74 bits per heavy atom. The molecule has 0 fully saturated rings. The summed E-state index contributed by atoms with van der Waals surface area (Å²) in [6, 6.07) is 11.0. The van der Waals surface area contributed by atoms with Gasteiger partial charge in [0.2, 0.25) is 0 Å². The molecule has 0 aliphatic rings. The average molecular weight is 486 g/mol. The molecule has 0 atom stereocenters. The van der Waals surface area contributed by atoms with E-state index in [4.69, 9.17) is 0 Å². The number of benzene rings is 2. The molecule has 1 amide bonds. The van der Waals surface area contributed by atoms with Gasteiger partial charge in [-0.15, -0.1) is 0 Å². The van der Waals surface area contributed by atoms with Crippen LogP contribution < -0.4 is 11.0 Å². The normalized spacial score (nSPS) is 11.0. The monoisotopic (exact) mass is 485 g/mol. The summed E-state index contributed by atoms with van der Waals surface area (Å²) in [6.45, 7) is 0. The third kappa shape index (κ3) is 2.83.